The number of amides is 3. The fraction of sp³-hybridized carbons (Fsp3) is 0.625. The number of nitrogens with one attached hydrogen (secondary N) is 3. The van der Waals surface area contributed by atoms with Gasteiger partial charge in [0.05, 0.1) is 18.7 Å². The number of ether oxygens (including phenoxy) is 1. The van der Waals surface area contributed by atoms with Crippen molar-refractivity contribution in [1.82, 2.24) is 20.9 Å². The lowest BCUT2D eigenvalue weighted by molar-refractivity contribution is -0.128. The molecule has 0 bridgehead atoms. The van der Waals surface area contributed by atoms with Crippen LogP contribution in [0.3, 0.4) is 0 Å². The summed E-state index contributed by atoms with van der Waals surface area (Å²) in [7, 11) is 0.945. The number of carbonyl (C=O) groups is 3. The number of β-amino-alcohol motifs (C(OH)–C–C–N with tert-alkyl or cyclic N) is 1. The van der Waals surface area contributed by atoms with Gasteiger partial charge in [-0.25, -0.2) is 4.39 Å². The molecule has 2 aliphatic rings. The van der Waals surface area contributed by atoms with Crippen molar-refractivity contribution < 1.29 is 32.8 Å². The number of carbonyl (C=O) groups excluding carboxylic acids is 3. The van der Waals surface area contributed by atoms with Crippen LogP contribution in [-0.4, -0.2) is 95.4 Å². The monoisotopic (exact) mass is 750 g/mol. The van der Waals surface area contributed by atoms with E-state index in [0.29, 0.717) is 36.6 Å². The summed E-state index contributed by atoms with van der Waals surface area (Å²) in [5, 5.41) is 19.4. The minimum absolute atomic E-state index is 0.238. The Bertz CT molecular complexity index is 1270. The number of halogens is 1. The van der Waals surface area contributed by atoms with Crippen LogP contribution in [0, 0.1) is 17.7 Å². The van der Waals surface area contributed by atoms with Crippen molar-refractivity contribution in [2.45, 2.75) is 110 Å². The molecule has 0 spiro atoms. The first kappa shape index (κ1) is 48.6. The van der Waals surface area contributed by atoms with E-state index in [1.54, 1.807) is 19.4 Å². The van der Waals surface area contributed by atoms with Gasteiger partial charge >= 0.3 is 0 Å². The SMILES string of the molecule is CC.CC.CC(C)S(C)=O.CC1CC2CCCCC2CN1CC(O)C(Cc1ccccc1)NC(=O)CNC(=O)COc1cccc(F)c1.CNC=O. The molecule has 3 amide bonds. The van der Waals surface area contributed by atoms with E-state index < -0.39 is 34.7 Å². The molecule has 1 heterocycles. The second kappa shape index (κ2) is 29.1. The Morgan fingerprint density at radius 3 is 2.17 bits per heavy atom. The molecule has 2 aromatic carbocycles. The molecule has 1 aliphatic heterocycles. The number of aliphatic hydroxyl groups excluding tert-OH is 1. The summed E-state index contributed by atoms with van der Waals surface area (Å²) < 4.78 is 28.8. The fourth-order valence-electron chi connectivity index (χ4n) is 5.87. The van der Waals surface area contributed by atoms with E-state index in [1.165, 1.54) is 43.9 Å². The summed E-state index contributed by atoms with van der Waals surface area (Å²) in [6, 6.07) is 15.2. The fourth-order valence-corrected chi connectivity index (χ4v) is 5.87. The number of likely N-dealkylation sites (tertiary alicyclic amines) is 1. The average molecular weight is 751 g/mol. The van der Waals surface area contributed by atoms with Crippen LogP contribution in [0.1, 0.15) is 86.1 Å². The molecule has 52 heavy (non-hydrogen) atoms. The summed E-state index contributed by atoms with van der Waals surface area (Å²) in [5.74, 6) is 0.390. The summed E-state index contributed by atoms with van der Waals surface area (Å²) in [6.07, 6.45) is 8.43. The Labute approximate surface area is 315 Å². The van der Waals surface area contributed by atoms with Crippen molar-refractivity contribution in [2.24, 2.45) is 11.8 Å². The molecule has 4 N–H and O–H groups in total. The smallest absolute Gasteiger partial charge is 0.258 e. The highest BCUT2D eigenvalue weighted by Gasteiger charge is 2.36. The summed E-state index contributed by atoms with van der Waals surface area (Å²) in [6.45, 7) is 15.0. The van der Waals surface area contributed by atoms with Crippen molar-refractivity contribution in [3.8, 4) is 5.75 Å². The predicted molar refractivity (Wildman–Crippen MR) is 211 cm³/mol. The van der Waals surface area contributed by atoms with Crippen LogP contribution in [0.15, 0.2) is 54.6 Å². The molecule has 12 heteroatoms. The molecular formula is C40H67FN4O6S. The second-order valence-electron chi connectivity index (χ2n) is 12.8. The van der Waals surface area contributed by atoms with Gasteiger partial charge < -0.3 is 25.8 Å². The van der Waals surface area contributed by atoms with Crippen molar-refractivity contribution in [3.05, 3.63) is 66.0 Å². The molecule has 1 saturated heterocycles. The zero-order chi connectivity index (χ0) is 39.5. The number of fused-ring (bicyclic) bond motifs is 1. The number of nitrogens with zero attached hydrogens (tertiary/aromatic N) is 1. The molecule has 6 unspecified atom stereocenters. The lowest BCUT2D eigenvalue weighted by atomic mass is 9.73. The minimum atomic E-state index is -0.756. The largest absolute Gasteiger partial charge is 0.484 e. The first-order valence-electron chi connectivity index (χ1n) is 18.8. The minimum Gasteiger partial charge on any atom is -0.484 e. The molecule has 1 saturated carbocycles. The molecule has 2 fully saturated rings. The first-order chi connectivity index (χ1) is 24.9. The lowest BCUT2D eigenvalue weighted by Gasteiger charge is -2.46. The number of hydrogen-bond donors (Lipinski definition) is 4. The lowest BCUT2D eigenvalue weighted by Crippen LogP contribution is -2.55. The van der Waals surface area contributed by atoms with E-state index in [-0.39, 0.29) is 24.8 Å². The number of benzene rings is 2. The van der Waals surface area contributed by atoms with Gasteiger partial charge in [-0.1, -0.05) is 97.2 Å². The van der Waals surface area contributed by atoms with Gasteiger partial charge in [0.2, 0.25) is 12.3 Å². The van der Waals surface area contributed by atoms with Gasteiger partial charge in [0, 0.05) is 54.6 Å². The molecule has 2 aromatic rings. The highest BCUT2D eigenvalue weighted by molar-refractivity contribution is 7.84. The summed E-state index contributed by atoms with van der Waals surface area (Å²) in [4.78, 5) is 36.4. The number of piperidine rings is 1. The van der Waals surface area contributed by atoms with E-state index in [9.17, 15) is 23.3 Å². The Kier molecular flexibility index (Phi) is 27.3. The predicted octanol–water partition coefficient (Wildman–Crippen LogP) is 5.50. The van der Waals surface area contributed by atoms with Gasteiger partial charge in [-0.05, 0) is 55.7 Å². The standard InChI is InChI=1S/C30H40FN3O4.C4H10OS.C2H5NO.2C2H6/c1-21-14-23-10-5-6-11-24(23)18-34(21)19-28(35)27(15-22-8-3-2-4-9-22)33-29(36)17-32-30(37)20-38-26-13-7-12-25(31)16-26;1-4(2)6(3)5;1-3-2-4;2*1-2/h2-4,7-9,12-13,16,21,23-24,27-28,35H,5-6,10-11,14-15,17-20H2,1H3,(H,32,37)(H,33,36);4H,1-3H3;2H,1H3,(H,3,4);2*1-2H3. The van der Waals surface area contributed by atoms with E-state index in [4.69, 9.17) is 9.53 Å². The molecule has 4 rings (SSSR count). The van der Waals surface area contributed by atoms with E-state index in [0.717, 1.165) is 24.4 Å². The van der Waals surface area contributed by atoms with Crippen LogP contribution in [-0.2, 0) is 31.6 Å². The summed E-state index contributed by atoms with van der Waals surface area (Å²) in [5.41, 5.74) is 1.02. The second-order valence-corrected chi connectivity index (χ2v) is 14.7. The van der Waals surface area contributed by atoms with Gasteiger partial charge in [-0.2, -0.15) is 0 Å². The normalized spacial score (nSPS) is 19.3. The third kappa shape index (κ3) is 20.6. The van der Waals surface area contributed by atoms with Gasteiger partial charge in [0.25, 0.3) is 5.91 Å². The third-order valence-electron chi connectivity index (χ3n) is 8.73. The van der Waals surface area contributed by atoms with Crippen LogP contribution >= 0.6 is 0 Å². The van der Waals surface area contributed by atoms with Crippen molar-refractivity contribution in [3.63, 3.8) is 0 Å². The summed E-state index contributed by atoms with van der Waals surface area (Å²) >= 11 is 0. The van der Waals surface area contributed by atoms with Crippen LogP contribution in [0.4, 0.5) is 4.39 Å². The van der Waals surface area contributed by atoms with Crippen molar-refractivity contribution >= 4 is 29.0 Å². The van der Waals surface area contributed by atoms with Crippen molar-refractivity contribution in [2.75, 3.05) is 39.5 Å². The topological polar surface area (TPSA) is 137 Å². The highest BCUT2D eigenvalue weighted by atomic mass is 32.2. The van der Waals surface area contributed by atoms with Crippen LogP contribution in [0.25, 0.3) is 0 Å². The quantitative estimate of drug-likeness (QED) is 0.199. The average Bonchev–Trinajstić information content (AvgIpc) is 3.15. The van der Waals surface area contributed by atoms with E-state index >= 15 is 0 Å². The first-order valence-corrected chi connectivity index (χ1v) is 20.4. The molecule has 0 aromatic heterocycles. The number of aliphatic hydroxyl groups is 1. The van der Waals surface area contributed by atoms with Crippen LogP contribution in [0.2, 0.25) is 0 Å². The maximum Gasteiger partial charge on any atom is 0.258 e. The van der Waals surface area contributed by atoms with Crippen LogP contribution < -0.4 is 20.7 Å². The van der Waals surface area contributed by atoms with E-state index in [2.05, 4.69) is 27.8 Å². The maximum absolute atomic E-state index is 13.3. The molecule has 0 radical (unpaired) electrons. The van der Waals surface area contributed by atoms with Crippen molar-refractivity contribution in [1.29, 1.82) is 0 Å². The van der Waals surface area contributed by atoms with Gasteiger partial charge in [-0.3, -0.25) is 23.5 Å². The Hall–Kier alpha value is -3.35. The molecular weight excluding hydrogens is 684 g/mol. The molecule has 296 valence electrons. The Morgan fingerprint density at radius 1 is 1.02 bits per heavy atom. The van der Waals surface area contributed by atoms with Gasteiger partial charge in [0.1, 0.15) is 11.6 Å². The number of rotatable bonds is 13. The molecule has 1 aliphatic carbocycles. The third-order valence-corrected chi connectivity index (χ3v) is 10.1. The zero-order valence-electron chi connectivity index (χ0n) is 33.0. The molecule has 6 atom stereocenters. The Morgan fingerprint density at radius 2 is 1.62 bits per heavy atom. The zero-order valence-corrected chi connectivity index (χ0v) is 33.8. The van der Waals surface area contributed by atoms with Gasteiger partial charge in [-0.15, -0.1) is 0 Å². The molecule has 10 nitrogen and oxygen atoms in total. The van der Waals surface area contributed by atoms with Crippen LogP contribution in [0.5, 0.6) is 5.75 Å². The highest BCUT2D eigenvalue weighted by Crippen LogP contribution is 2.38. The maximum atomic E-state index is 13.3. The Balaban J connectivity index is 0.00000160. The number of hydrogen-bond acceptors (Lipinski definition) is 7. The van der Waals surface area contributed by atoms with Gasteiger partial charge in [0.15, 0.2) is 6.61 Å². The van der Waals surface area contributed by atoms with E-state index in [1.807, 2.05) is 71.9 Å².